The molecule has 2 aliphatic carbocycles. The number of aryl methyl sites for hydroxylation is 1. The first-order valence-corrected chi connectivity index (χ1v) is 17.1. The summed E-state index contributed by atoms with van der Waals surface area (Å²) in [5, 5.41) is 14.0. The van der Waals surface area contributed by atoms with Crippen molar-refractivity contribution in [1.82, 2.24) is 31.6 Å². The van der Waals surface area contributed by atoms with Crippen LogP contribution in [0.2, 0.25) is 0 Å². The summed E-state index contributed by atoms with van der Waals surface area (Å²) in [6.07, 6.45) is 2.92. The van der Waals surface area contributed by atoms with Crippen LogP contribution in [0.25, 0.3) is 0 Å². The Hall–Kier alpha value is -5.46. The maximum atomic E-state index is 13.8. The normalized spacial score (nSPS) is 22.7. The van der Waals surface area contributed by atoms with Crippen molar-refractivity contribution in [2.24, 2.45) is 0 Å². The molecule has 0 unspecified atom stereocenters. The van der Waals surface area contributed by atoms with Crippen LogP contribution in [0.5, 0.6) is 5.75 Å². The Balaban J connectivity index is 1.25. The molecule has 3 heterocycles. The molecule has 3 atom stereocenters. The fourth-order valence-electron chi connectivity index (χ4n) is 6.49. The third kappa shape index (κ3) is 7.72. The molecule has 2 bridgehead atoms. The molecule has 0 radical (unpaired) electrons. The standard InChI is InChI=1S/C37H42N6O7/c1-21-30-26(9-6-10-29(30)44)40-31(21)35(48)42-27-20-24-11-13-25(14-12-24)50-18-17-38-36(49)37(15-16-37)43-34(47)28(19-23-7-4-3-5-8-23)41-32(45)22(2)39-33(27)46/h3-5,7-8,11-14,22,27-28,40H,6,9-10,15-20H2,1-2H3,(H,38,49)(H,39,46)(H,41,45)(H,42,48)(H,43,47)/t22-,27-,28+/m0/s1. The zero-order valence-corrected chi connectivity index (χ0v) is 28.1. The Morgan fingerprint density at radius 1 is 0.920 bits per heavy atom. The first-order valence-electron chi connectivity index (χ1n) is 17.1. The summed E-state index contributed by atoms with van der Waals surface area (Å²) in [7, 11) is 0. The average molecular weight is 683 g/mol. The van der Waals surface area contributed by atoms with Gasteiger partial charge in [-0.25, -0.2) is 0 Å². The van der Waals surface area contributed by atoms with E-state index in [1.807, 2.05) is 30.3 Å². The molecule has 4 aliphatic rings. The molecule has 1 saturated carbocycles. The maximum absolute atomic E-state index is 13.8. The fraction of sp³-hybridized carbons (Fsp3) is 0.405. The number of hydrogen-bond donors (Lipinski definition) is 6. The van der Waals surface area contributed by atoms with Gasteiger partial charge in [0.15, 0.2) is 5.78 Å². The second kappa shape index (κ2) is 14.6. The third-order valence-corrected chi connectivity index (χ3v) is 9.52. The van der Waals surface area contributed by atoms with Crippen molar-refractivity contribution in [1.29, 1.82) is 0 Å². The molecule has 1 fully saturated rings. The van der Waals surface area contributed by atoms with Crippen LogP contribution in [-0.4, -0.2) is 77.1 Å². The molecular weight excluding hydrogens is 640 g/mol. The Morgan fingerprint density at radius 3 is 2.36 bits per heavy atom. The van der Waals surface area contributed by atoms with Gasteiger partial charge in [-0.3, -0.25) is 28.8 Å². The Kier molecular flexibility index (Phi) is 10.0. The van der Waals surface area contributed by atoms with E-state index in [1.54, 1.807) is 31.2 Å². The lowest BCUT2D eigenvalue weighted by atomic mass is 9.93. The lowest BCUT2D eigenvalue weighted by Crippen LogP contribution is -2.59. The van der Waals surface area contributed by atoms with Gasteiger partial charge < -0.3 is 36.3 Å². The van der Waals surface area contributed by atoms with Gasteiger partial charge in [0.2, 0.25) is 23.6 Å². The van der Waals surface area contributed by atoms with Gasteiger partial charge in [0.05, 0.1) is 6.54 Å². The van der Waals surface area contributed by atoms with Crippen LogP contribution in [0.1, 0.15) is 75.8 Å². The summed E-state index contributed by atoms with van der Waals surface area (Å²) in [6, 6.07) is 12.9. The number of H-pyrrole nitrogens is 1. The lowest BCUT2D eigenvalue weighted by molar-refractivity contribution is -0.134. The van der Waals surface area contributed by atoms with E-state index in [4.69, 9.17) is 4.74 Å². The Bertz CT molecular complexity index is 1800. The highest BCUT2D eigenvalue weighted by molar-refractivity contribution is 6.05. The Morgan fingerprint density at radius 2 is 1.66 bits per heavy atom. The van der Waals surface area contributed by atoms with Crippen LogP contribution in [0.3, 0.4) is 0 Å². The second-order valence-corrected chi connectivity index (χ2v) is 13.3. The predicted molar refractivity (Wildman–Crippen MR) is 182 cm³/mol. The van der Waals surface area contributed by atoms with E-state index in [9.17, 15) is 28.8 Å². The van der Waals surface area contributed by atoms with Gasteiger partial charge in [-0.05, 0) is 68.4 Å². The van der Waals surface area contributed by atoms with Crippen LogP contribution in [0.15, 0.2) is 54.6 Å². The summed E-state index contributed by atoms with van der Waals surface area (Å²) < 4.78 is 5.81. The van der Waals surface area contributed by atoms with Gasteiger partial charge >= 0.3 is 0 Å². The molecule has 3 aromatic rings. The van der Waals surface area contributed by atoms with Crippen LogP contribution in [0.4, 0.5) is 0 Å². The van der Waals surface area contributed by atoms with E-state index in [0.29, 0.717) is 60.2 Å². The van der Waals surface area contributed by atoms with Crippen molar-refractivity contribution in [2.45, 2.75) is 82.5 Å². The molecule has 1 aromatic heterocycles. The number of Topliss-reactive ketones (excluding diaryl/α,β-unsaturated/α-hetero) is 1. The quantitative estimate of drug-likeness (QED) is 0.225. The van der Waals surface area contributed by atoms with Gasteiger partial charge in [-0.15, -0.1) is 0 Å². The molecule has 2 aromatic carbocycles. The Labute approximate surface area is 289 Å². The van der Waals surface area contributed by atoms with E-state index in [1.165, 1.54) is 6.92 Å². The summed E-state index contributed by atoms with van der Waals surface area (Å²) in [6.45, 7) is 3.60. The number of ketones is 1. The highest BCUT2D eigenvalue weighted by atomic mass is 16.5. The number of rotatable bonds is 4. The summed E-state index contributed by atoms with van der Waals surface area (Å²) in [5.74, 6) is -2.09. The number of aromatic amines is 1. The smallest absolute Gasteiger partial charge is 0.268 e. The number of hydrogen-bond acceptors (Lipinski definition) is 7. The minimum absolute atomic E-state index is 0.0181. The number of nitrogens with one attached hydrogen (secondary N) is 6. The largest absolute Gasteiger partial charge is 0.492 e. The topological polar surface area (TPSA) is 188 Å². The molecule has 13 nitrogen and oxygen atoms in total. The number of amides is 5. The molecule has 262 valence electrons. The molecular formula is C37H42N6O7. The molecule has 50 heavy (non-hydrogen) atoms. The zero-order valence-electron chi connectivity index (χ0n) is 28.1. The van der Waals surface area contributed by atoms with Gasteiger partial charge in [-0.1, -0.05) is 42.5 Å². The lowest BCUT2D eigenvalue weighted by Gasteiger charge is -2.25. The first kappa shape index (κ1) is 34.4. The van der Waals surface area contributed by atoms with E-state index in [0.717, 1.165) is 5.56 Å². The van der Waals surface area contributed by atoms with Crippen molar-refractivity contribution >= 4 is 35.3 Å². The molecule has 6 N–H and O–H groups in total. The van der Waals surface area contributed by atoms with E-state index < -0.39 is 47.3 Å². The van der Waals surface area contributed by atoms with E-state index in [-0.39, 0.29) is 43.4 Å². The average Bonchev–Trinajstić information content (AvgIpc) is 3.80. The third-order valence-electron chi connectivity index (χ3n) is 9.52. The summed E-state index contributed by atoms with van der Waals surface area (Å²) in [4.78, 5) is 83.3. The maximum Gasteiger partial charge on any atom is 0.268 e. The molecule has 0 saturated heterocycles. The molecule has 2 aliphatic heterocycles. The van der Waals surface area contributed by atoms with Gasteiger partial charge in [-0.2, -0.15) is 0 Å². The zero-order chi connectivity index (χ0) is 35.4. The van der Waals surface area contributed by atoms with Crippen LogP contribution >= 0.6 is 0 Å². The first-order chi connectivity index (χ1) is 24.0. The molecule has 7 rings (SSSR count). The van der Waals surface area contributed by atoms with Crippen LogP contribution in [0, 0.1) is 6.92 Å². The van der Waals surface area contributed by atoms with Crippen LogP contribution < -0.4 is 31.3 Å². The minimum atomic E-state index is -1.10. The molecule has 5 amide bonds. The van der Waals surface area contributed by atoms with Crippen molar-refractivity contribution in [3.63, 3.8) is 0 Å². The fourth-order valence-corrected chi connectivity index (χ4v) is 6.49. The van der Waals surface area contributed by atoms with Crippen molar-refractivity contribution < 1.29 is 33.5 Å². The van der Waals surface area contributed by atoms with Gasteiger partial charge in [0.25, 0.3) is 5.91 Å². The SMILES string of the molecule is Cc1c(C(=O)N[C@H]2Cc3ccc(cc3)OCCNC(=O)C3(CC3)NC(=O)[C@@H](Cc3ccccc3)NC(=O)[C@H](C)NC2=O)[nH]c2c1C(=O)CCC2. The van der Waals surface area contributed by atoms with Gasteiger partial charge in [0, 0.05) is 30.5 Å². The van der Waals surface area contributed by atoms with Crippen molar-refractivity contribution in [3.05, 3.63) is 88.2 Å². The number of carbonyl (C=O) groups is 6. The summed E-state index contributed by atoms with van der Waals surface area (Å²) >= 11 is 0. The number of carbonyl (C=O) groups excluding carboxylic acids is 6. The highest BCUT2D eigenvalue weighted by Gasteiger charge is 2.51. The number of fused-ring (bicyclic) bond motifs is 16. The predicted octanol–water partition coefficient (Wildman–Crippen LogP) is 1.57. The number of ether oxygens (including phenoxy) is 1. The second-order valence-electron chi connectivity index (χ2n) is 13.3. The highest BCUT2D eigenvalue weighted by Crippen LogP contribution is 2.35. The van der Waals surface area contributed by atoms with E-state index >= 15 is 0 Å². The summed E-state index contributed by atoms with van der Waals surface area (Å²) in [5.41, 5.74) is 2.43. The number of aromatic nitrogens is 1. The monoisotopic (exact) mass is 682 g/mol. The van der Waals surface area contributed by atoms with E-state index in [2.05, 4.69) is 31.6 Å². The van der Waals surface area contributed by atoms with Crippen molar-refractivity contribution in [2.75, 3.05) is 13.2 Å². The minimum Gasteiger partial charge on any atom is -0.492 e. The van der Waals surface area contributed by atoms with Crippen LogP contribution in [-0.2, 0) is 38.4 Å². The number of benzene rings is 2. The van der Waals surface area contributed by atoms with Crippen molar-refractivity contribution in [3.8, 4) is 5.75 Å². The molecule has 1 spiro atoms. The van der Waals surface area contributed by atoms with Gasteiger partial charge in [0.1, 0.15) is 41.7 Å². The molecule has 13 heteroatoms.